The summed E-state index contributed by atoms with van der Waals surface area (Å²) in [5.74, 6) is 0.307. The molecule has 0 spiro atoms. The monoisotopic (exact) mass is 439 g/mol. The van der Waals surface area contributed by atoms with Crippen molar-refractivity contribution < 1.29 is 14.6 Å². The van der Waals surface area contributed by atoms with Crippen molar-refractivity contribution in [2.45, 2.75) is 84.5 Å². The molecule has 1 saturated carbocycles. The molecule has 174 valence electrons. The van der Waals surface area contributed by atoms with E-state index in [0.717, 1.165) is 53.8 Å². The number of hydrogen-bond acceptors (Lipinski definition) is 5. The van der Waals surface area contributed by atoms with Crippen molar-refractivity contribution in [3.8, 4) is 16.9 Å². The number of rotatable bonds is 5. The number of amides is 1. The van der Waals surface area contributed by atoms with Gasteiger partial charge in [-0.25, -0.2) is 4.79 Å². The Morgan fingerprint density at radius 3 is 2.31 bits per heavy atom. The van der Waals surface area contributed by atoms with Crippen LogP contribution >= 0.6 is 0 Å². The third-order valence-corrected chi connectivity index (χ3v) is 6.00. The Labute approximate surface area is 192 Å². The molecule has 0 unspecified atom stereocenters. The fraction of sp³-hybridized carbons (Fsp3) is 0.538. The van der Waals surface area contributed by atoms with E-state index in [0.29, 0.717) is 18.3 Å². The zero-order valence-electron chi connectivity index (χ0n) is 20.2. The molecule has 2 aromatic rings. The van der Waals surface area contributed by atoms with Gasteiger partial charge in [-0.05, 0) is 95.7 Å². The molecule has 32 heavy (non-hydrogen) atoms. The van der Waals surface area contributed by atoms with Crippen molar-refractivity contribution >= 4 is 6.09 Å². The lowest BCUT2D eigenvalue weighted by Crippen LogP contribution is -2.44. The highest BCUT2D eigenvalue weighted by Crippen LogP contribution is 2.28. The minimum atomic E-state index is -0.478. The van der Waals surface area contributed by atoms with Crippen molar-refractivity contribution in [1.29, 1.82) is 0 Å². The largest absolute Gasteiger partial charge is 0.508 e. The van der Waals surface area contributed by atoms with Gasteiger partial charge in [0.15, 0.2) is 0 Å². The number of benzene rings is 1. The fourth-order valence-corrected chi connectivity index (χ4v) is 4.31. The standard InChI is InChI=1S/C26H37N3O3/c1-17-13-20(14-18(2)28-17)19-7-12-24(30)21(15-19)16-27-22-8-10-23(11-9-22)29(6)25(31)32-26(3,4)5/h7,12-15,22-23,27,30H,8-11,16H2,1-6H3. The number of phenolic OH excluding ortho intramolecular Hbond substituents is 1. The molecule has 1 heterocycles. The summed E-state index contributed by atoms with van der Waals surface area (Å²) in [5, 5.41) is 14.0. The van der Waals surface area contributed by atoms with Crippen molar-refractivity contribution in [3.63, 3.8) is 0 Å². The van der Waals surface area contributed by atoms with E-state index in [1.165, 1.54) is 0 Å². The first-order valence-electron chi connectivity index (χ1n) is 11.5. The highest BCUT2D eigenvalue weighted by Gasteiger charge is 2.29. The van der Waals surface area contributed by atoms with E-state index in [4.69, 9.17) is 4.74 Å². The second kappa shape index (κ2) is 9.90. The van der Waals surface area contributed by atoms with Gasteiger partial charge in [0.1, 0.15) is 11.4 Å². The molecule has 2 N–H and O–H groups in total. The first kappa shape index (κ1) is 24.1. The normalized spacial score (nSPS) is 18.9. The summed E-state index contributed by atoms with van der Waals surface area (Å²) in [6.45, 7) is 10.3. The van der Waals surface area contributed by atoms with Crippen LogP contribution in [0.5, 0.6) is 5.75 Å². The quantitative estimate of drug-likeness (QED) is 0.658. The zero-order valence-corrected chi connectivity index (χ0v) is 20.2. The van der Waals surface area contributed by atoms with E-state index in [-0.39, 0.29) is 12.1 Å². The first-order valence-corrected chi connectivity index (χ1v) is 11.5. The van der Waals surface area contributed by atoms with Gasteiger partial charge in [0.05, 0.1) is 0 Å². The van der Waals surface area contributed by atoms with Crippen LogP contribution in [0.1, 0.15) is 63.4 Å². The lowest BCUT2D eigenvalue weighted by molar-refractivity contribution is 0.0179. The lowest BCUT2D eigenvalue weighted by Gasteiger charge is -2.35. The van der Waals surface area contributed by atoms with Gasteiger partial charge < -0.3 is 20.1 Å². The smallest absolute Gasteiger partial charge is 0.410 e. The maximum absolute atomic E-state index is 12.3. The number of hydrogen-bond donors (Lipinski definition) is 2. The molecule has 1 amide bonds. The molecule has 1 aliphatic rings. The number of aromatic nitrogens is 1. The molecule has 0 atom stereocenters. The minimum absolute atomic E-state index is 0.206. The number of carbonyl (C=O) groups excluding carboxylic acids is 1. The summed E-state index contributed by atoms with van der Waals surface area (Å²) >= 11 is 0. The number of ether oxygens (including phenoxy) is 1. The Kier molecular flexibility index (Phi) is 7.44. The maximum Gasteiger partial charge on any atom is 0.410 e. The van der Waals surface area contributed by atoms with E-state index in [9.17, 15) is 9.90 Å². The number of nitrogens with one attached hydrogen (secondary N) is 1. The average Bonchev–Trinajstić information content (AvgIpc) is 2.71. The Hall–Kier alpha value is -2.60. The highest BCUT2D eigenvalue weighted by atomic mass is 16.6. The molecule has 0 aliphatic heterocycles. The van der Waals surface area contributed by atoms with Gasteiger partial charge in [-0.15, -0.1) is 0 Å². The van der Waals surface area contributed by atoms with Crippen LogP contribution in [0.4, 0.5) is 4.79 Å². The van der Waals surface area contributed by atoms with E-state index in [2.05, 4.69) is 28.5 Å². The maximum atomic E-state index is 12.3. The van der Waals surface area contributed by atoms with Crippen LogP contribution in [-0.2, 0) is 11.3 Å². The molecule has 1 fully saturated rings. The molecule has 1 aromatic carbocycles. The molecular formula is C26H37N3O3. The van der Waals surface area contributed by atoms with Gasteiger partial charge in [0.2, 0.25) is 0 Å². The number of carbonyl (C=O) groups is 1. The summed E-state index contributed by atoms with van der Waals surface area (Å²) in [6.07, 6.45) is 3.60. The Morgan fingerprint density at radius 1 is 1.09 bits per heavy atom. The first-order chi connectivity index (χ1) is 15.0. The van der Waals surface area contributed by atoms with Crippen LogP contribution in [0, 0.1) is 13.8 Å². The van der Waals surface area contributed by atoms with Gasteiger partial charge in [0, 0.05) is 42.6 Å². The summed E-state index contributed by atoms with van der Waals surface area (Å²) in [4.78, 5) is 18.5. The van der Waals surface area contributed by atoms with Crippen molar-refractivity contribution in [2.24, 2.45) is 0 Å². The fourth-order valence-electron chi connectivity index (χ4n) is 4.31. The molecule has 3 rings (SSSR count). The van der Waals surface area contributed by atoms with Gasteiger partial charge in [0.25, 0.3) is 0 Å². The summed E-state index contributed by atoms with van der Waals surface area (Å²) in [6, 6.07) is 10.5. The average molecular weight is 440 g/mol. The second-order valence-electron chi connectivity index (χ2n) is 9.96. The number of aromatic hydroxyl groups is 1. The zero-order chi connectivity index (χ0) is 23.5. The third-order valence-electron chi connectivity index (χ3n) is 6.00. The van der Waals surface area contributed by atoms with E-state index < -0.39 is 5.60 Å². The Balaban J connectivity index is 1.56. The number of aryl methyl sites for hydroxylation is 2. The molecule has 0 saturated heterocycles. The van der Waals surface area contributed by atoms with Crippen LogP contribution in [0.3, 0.4) is 0 Å². The summed E-state index contributed by atoms with van der Waals surface area (Å²) in [5.41, 5.74) is 4.58. The van der Waals surface area contributed by atoms with E-state index in [1.807, 2.05) is 47.7 Å². The predicted octanol–water partition coefficient (Wildman–Crippen LogP) is 5.34. The van der Waals surface area contributed by atoms with Crippen LogP contribution < -0.4 is 5.32 Å². The third kappa shape index (κ3) is 6.45. The SMILES string of the molecule is Cc1cc(-c2ccc(O)c(CNC3CCC(N(C)C(=O)OC(C)(C)C)CC3)c2)cc(C)n1. The van der Waals surface area contributed by atoms with Gasteiger partial charge in [-0.2, -0.15) is 0 Å². The second-order valence-corrected chi connectivity index (χ2v) is 9.96. The number of pyridine rings is 1. The molecule has 6 heteroatoms. The van der Waals surface area contributed by atoms with Crippen molar-refractivity contribution in [2.75, 3.05) is 7.05 Å². The summed E-state index contributed by atoms with van der Waals surface area (Å²) < 4.78 is 5.50. The molecule has 1 aromatic heterocycles. The van der Waals surface area contributed by atoms with E-state index >= 15 is 0 Å². The summed E-state index contributed by atoms with van der Waals surface area (Å²) in [7, 11) is 1.83. The number of nitrogens with zero attached hydrogens (tertiary/aromatic N) is 2. The van der Waals surface area contributed by atoms with Crippen LogP contribution in [0.25, 0.3) is 11.1 Å². The molecular weight excluding hydrogens is 402 g/mol. The highest BCUT2D eigenvalue weighted by molar-refractivity contribution is 5.68. The molecule has 0 bridgehead atoms. The van der Waals surface area contributed by atoms with E-state index in [1.54, 1.807) is 11.0 Å². The molecule has 0 radical (unpaired) electrons. The van der Waals surface area contributed by atoms with Gasteiger partial charge in [-0.3, -0.25) is 4.98 Å². The Bertz CT molecular complexity index is 924. The van der Waals surface area contributed by atoms with Crippen molar-refractivity contribution in [3.05, 3.63) is 47.3 Å². The van der Waals surface area contributed by atoms with Crippen LogP contribution in [0.2, 0.25) is 0 Å². The lowest BCUT2D eigenvalue weighted by atomic mass is 9.90. The predicted molar refractivity (Wildman–Crippen MR) is 128 cm³/mol. The Morgan fingerprint density at radius 2 is 1.72 bits per heavy atom. The topological polar surface area (TPSA) is 74.7 Å². The van der Waals surface area contributed by atoms with Gasteiger partial charge >= 0.3 is 6.09 Å². The molecule has 1 aliphatic carbocycles. The molecule has 6 nitrogen and oxygen atoms in total. The van der Waals surface area contributed by atoms with Gasteiger partial charge in [-0.1, -0.05) is 6.07 Å². The van der Waals surface area contributed by atoms with Crippen molar-refractivity contribution in [1.82, 2.24) is 15.2 Å². The number of phenols is 1. The minimum Gasteiger partial charge on any atom is -0.508 e. The van der Waals surface area contributed by atoms with Crippen LogP contribution in [-0.4, -0.2) is 45.8 Å². The van der Waals surface area contributed by atoms with Crippen LogP contribution in [0.15, 0.2) is 30.3 Å².